The lowest BCUT2D eigenvalue weighted by Gasteiger charge is -2.09. The van der Waals surface area contributed by atoms with Gasteiger partial charge >= 0.3 is 0 Å². The van der Waals surface area contributed by atoms with E-state index in [1.165, 1.54) is 13.3 Å². The van der Waals surface area contributed by atoms with Crippen molar-refractivity contribution in [2.45, 2.75) is 6.92 Å². The van der Waals surface area contributed by atoms with Gasteiger partial charge < -0.3 is 24.2 Å². The molecule has 1 aromatic heterocycles. The van der Waals surface area contributed by atoms with Crippen LogP contribution in [-0.4, -0.2) is 38.1 Å². The summed E-state index contributed by atoms with van der Waals surface area (Å²) >= 11 is 0. The SMILES string of the molecule is COc1cccc(/C=N\OCC(=O)Nc2cc(C)on2)c1OC. The third-order valence-corrected chi connectivity index (χ3v) is 2.79. The van der Waals surface area contributed by atoms with E-state index in [4.69, 9.17) is 18.8 Å². The number of para-hydroxylation sites is 1. The van der Waals surface area contributed by atoms with E-state index >= 15 is 0 Å². The number of hydrogen-bond acceptors (Lipinski definition) is 7. The van der Waals surface area contributed by atoms with E-state index in [-0.39, 0.29) is 6.61 Å². The molecule has 0 unspecified atom stereocenters. The zero-order valence-electron chi connectivity index (χ0n) is 13.0. The highest BCUT2D eigenvalue weighted by atomic mass is 16.6. The van der Waals surface area contributed by atoms with Gasteiger partial charge in [-0.1, -0.05) is 16.4 Å². The van der Waals surface area contributed by atoms with Gasteiger partial charge in [-0.3, -0.25) is 4.79 Å². The molecule has 0 aliphatic carbocycles. The van der Waals surface area contributed by atoms with Gasteiger partial charge in [0.1, 0.15) is 5.76 Å². The van der Waals surface area contributed by atoms with Gasteiger partial charge in [-0.2, -0.15) is 0 Å². The van der Waals surface area contributed by atoms with Crippen LogP contribution in [0, 0.1) is 6.92 Å². The Hall–Kier alpha value is -3.03. The summed E-state index contributed by atoms with van der Waals surface area (Å²) in [5.41, 5.74) is 0.666. The van der Waals surface area contributed by atoms with Gasteiger partial charge in [-0.25, -0.2) is 0 Å². The molecule has 2 rings (SSSR count). The molecule has 122 valence electrons. The van der Waals surface area contributed by atoms with E-state index in [0.29, 0.717) is 28.6 Å². The molecule has 0 saturated heterocycles. The first-order valence-corrected chi connectivity index (χ1v) is 6.73. The van der Waals surface area contributed by atoms with E-state index < -0.39 is 5.91 Å². The average Bonchev–Trinajstić information content (AvgIpc) is 2.95. The largest absolute Gasteiger partial charge is 0.493 e. The summed E-state index contributed by atoms with van der Waals surface area (Å²) in [5, 5.41) is 9.90. The van der Waals surface area contributed by atoms with E-state index in [1.807, 2.05) is 0 Å². The van der Waals surface area contributed by atoms with E-state index in [9.17, 15) is 4.79 Å². The molecule has 0 bridgehead atoms. The number of aryl methyl sites for hydroxylation is 1. The molecule has 1 amide bonds. The first kappa shape index (κ1) is 16.3. The van der Waals surface area contributed by atoms with Crippen LogP contribution in [0.4, 0.5) is 5.82 Å². The van der Waals surface area contributed by atoms with E-state index in [1.54, 1.807) is 38.3 Å². The third kappa shape index (κ3) is 4.47. The van der Waals surface area contributed by atoms with Gasteiger partial charge in [0.15, 0.2) is 23.9 Å². The fraction of sp³-hybridized carbons (Fsp3) is 0.267. The number of aromatic nitrogens is 1. The number of carbonyl (C=O) groups excluding carboxylic acids is 1. The van der Waals surface area contributed by atoms with Crippen molar-refractivity contribution < 1.29 is 23.6 Å². The van der Waals surface area contributed by atoms with Crippen molar-refractivity contribution in [3.8, 4) is 11.5 Å². The quantitative estimate of drug-likeness (QED) is 0.619. The maximum atomic E-state index is 11.6. The monoisotopic (exact) mass is 319 g/mol. The summed E-state index contributed by atoms with van der Waals surface area (Å²) in [6, 6.07) is 6.95. The number of hydrogen-bond donors (Lipinski definition) is 1. The summed E-state index contributed by atoms with van der Waals surface area (Å²) in [5.74, 6) is 1.65. The molecule has 0 atom stereocenters. The van der Waals surface area contributed by atoms with Crippen molar-refractivity contribution in [3.63, 3.8) is 0 Å². The number of methoxy groups -OCH3 is 2. The lowest BCUT2D eigenvalue weighted by molar-refractivity contribution is -0.120. The maximum Gasteiger partial charge on any atom is 0.266 e. The minimum atomic E-state index is -0.395. The average molecular weight is 319 g/mol. The number of benzene rings is 1. The molecule has 0 spiro atoms. The molecule has 2 aromatic rings. The Bertz CT molecular complexity index is 696. The van der Waals surface area contributed by atoms with Gasteiger partial charge in [0.2, 0.25) is 0 Å². The van der Waals surface area contributed by atoms with Crippen LogP contribution in [0.5, 0.6) is 11.5 Å². The summed E-state index contributed by atoms with van der Waals surface area (Å²) in [4.78, 5) is 16.6. The Kier molecular flexibility index (Phi) is 5.56. The van der Waals surface area contributed by atoms with Gasteiger partial charge in [0.05, 0.1) is 20.4 Å². The summed E-state index contributed by atoms with van der Waals surface area (Å²) in [6.07, 6.45) is 1.44. The summed E-state index contributed by atoms with van der Waals surface area (Å²) in [6.45, 7) is 1.47. The topological polar surface area (TPSA) is 95.2 Å². The maximum absolute atomic E-state index is 11.6. The highest BCUT2D eigenvalue weighted by Gasteiger charge is 2.08. The van der Waals surface area contributed by atoms with Gasteiger partial charge in [0, 0.05) is 11.6 Å². The van der Waals surface area contributed by atoms with Crippen LogP contribution in [0.15, 0.2) is 33.9 Å². The molecule has 0 aliphatic rings. The first-order valence-electron chi connectivity index (χ1n) is 6.73. The molecule has 8 heteroatoms. The third-order valence-electron chi connectivity index (χ3n) is 2.79. The fourth-order valence-electron chi connectivity index (χ4n) is 1.81. The molecule has 0 fully saturated rings. The second-order valence-corrected chi connectivity index (χ2v) is 4.46. The Morgan fingerprint density at radius 2 is 2.22 bits per heavy atom. The van der Waals surface area contributed by atoms with Crippen LogP contribution < -0.4 is 14.8 Å². The van der Waals surface area contributed by atoms with E-state index in [0.717, 1.165) is 0 Å². The number of oxime groups is 1. The number of anilines is 1. The van der Waals surface area contributed by atoms with Gasteiger partial charge in [-0.05, 0) is 19.1 Å². The number of carbonyl (C=O) groups is 1. The molecule has 23 heavy (non-hydrogen) atoms. The van der Waals surface area contributed by atoms with Gasteiger partial charge in [0.25, 0.3) is 5.91 Å². The zero-order chi connectivity index (χ0) is 16.7. The molecule has 1 aromatic carbocycles. The minimum Gasteiger partial charge on any atom is -0.493 e. The second-order valence-electron chi connectivity index (χ2n) is 4.46. The predicted octanol–water partition coefficient (Wildman–Crippen LogP) is 1.99. The van der Waals surface area contributed by atoms with Crippen molar-refractivity contribution in [2.75, 3.05) is 26.1 Å². The molecule has 0 saturated carbocycles. The van der Waals surface area contributed by atoms with Crippen molar-refractivity contribution in [1.29, 1.82) is 0 Å². The van der Waals surface area contributed by atoms with Crippen LogP contribution >= 0.6 is 0 Å². The van der Waals surface area contributed by atoms with Crippen LogP contribution in [0.3, 0.4) is 0 Å². The van der Waals surface area contributed by atoms with Gasteiger partial charge in [-0.15, -0.1) is 0 Å². The minimum absolute atomic E-state index is 0.255. The molecule has 8 nitrogen and oxygen atoms in total. The van der Waals surface area contributed by atoms with Crippen LogP contribution in [0.25, 0.3) is 0 Å². The summed E-state index contributed by atoms with van der Waals surface area (Å²) < 4.78 is 15.3. The smallest absolute Gasteiger partial charge is 0.266 e. The second kappa shape index (κ2) is 7.83. The Labute approximate surface area is 133 Å². The first-order chi connectivity index (χ1) is 11.1. The highest BCUT2D eigenvalue weighted by molar-refractivity contribution is 5.90. The zero-order valence-corrected chi connectivity index (χ0v) is 13.0. The van der Waals surface area contributed by atoms with Crippen molar-refractivity contribution in [3.05, 3.63) is 35.6 Å². The molecular formula is C15H17N3O5. The number of rotatable bonds is 7. The lowest BCUT2D eigenvalue weighted by Crippen LogP contribution is -2.17. The number of amides is 1. The predicted molar refractivity (Wildman–Crippen MR) is 83.0 cm³/mol. The molecule has 0 radical (unpaired) electrons. The fourth-order valence-corrected chi connectivity index (χ4v) is 1.81. The highest BCUT2D eigenvalue weighted by Crippen LogP contribution is 2.29. The lowest BCUT2D eigenvalue weighted by atomic mass is 10.2. The molecular weight excluding hydrogens is 302 g/mol. The standard InChI is InChI=1S/C15H17N3O5/c1-10-7-13(18-23-10)17-14(19)9-22-16-8-11-5-4-6-12(20-2)15(11)21-3/h4-8H,9H2,1-3H3,(H,17,18,19)/b16-8-. The van der Waals surface area contributed by atoms with Crippen LogP contribution in [0.1, 0.15) is 11.3 Å². The molecule has 1 heterocycles. The van der Waals surface area contributed by atoms with E-state index in [2.05, 4.69) is 15.6 Å². The number of nitrogens with one attached hydrogen (secondary N) is 1. The van der Waals surface area contributed by atoms with Crippen LogP contribution in [-0.2, 0) is 9.63 Å². The molecule has 1 N–H and O–H groups in total. The normalized spacial score (nSPS) is 10.6. The number of ether oxygens (including phenoxy) is 2. The van der Waals surface area contributed by atoms with Crippen molar-refractivity contribution >= 4 is 17.9 Å². The van der Waals surface area contributed by atoms with Crippen LogP contribution in [0.2, 0.25) is 0 Å². The summed E-state index contributed by atoms with van der Waals surface area (Å²) in [7, 11) is 3.08. The Balaban J connectivity index is 1.88. The van der Waals surface area contributed by atoms with Crippen molar-refractivity contribution in [2.24, 2.45) is 5.16 Å². The Morgan fingerprint density at radius 1 is 1.39 bits per heavy atom. The number of nitrogens with zero attached hydrogens (tertiary/aromatic N) is 2. The van der Waals surface area contributed by atoms with Crippen molar-refractivity contribution in [1.82, 2.24) is 5.16 Å². The molecule has 0 aliphatic heterocycles. The Morgan fingerprint density at radius 3 is 2.87 bits per heavy atom.